The van der Waals surface area contributed by atoms with E-state index in [1.807, 2.05) is 60.5 Å². The number of halogens is 1. The standard InChI is InChI=1S/C18H17ClN4O/c1-23(14-6-4-3-5-7-14)18-11-17(20-12-21-18)22-13-8-9-16(24-2)15(19)10-13/h3-12H,1-2H3,(H,20,21,22). The quantitative estimate of drug-likeness (QED) is 0.732. The van der Waals surface area contributed by atoms with E-state index in [9.17, 15) is 0 Å². The number of benzene rings is 2. The first-order chi connectivity index (χ1) is 11.7. The van der Waals surface area contributed by atoms with E-state index in [1.165, 1.54) is 6.33 Å². The van der Waals surface area contributed by atoms with Gasteiger partial charge in [-0.2, -0.15) is 0 Å². The van der Waals surface area contributed by atoms with E-state index in [-0.39, 0.29) is 0 Å². The molecule has 24 heavy (non-hydrogen) atoms. The molecule has 1 N–H and O–H groups in total. The van der Waals surface area contributed by atoms with Crippen LogP contribution in [-0.4, -0.2) is 24.1 Å². The fourth-order valence-electron chi connectivity index (χ4n) is 2.27. The van der Waals surface area contributed by atoms with Gasteiger partial charge in [-0.15, -0.1) is 0 Å². The molecule has 0 aliphatic heterocycles. The fourth-order valence-corrected chi connectivity index (χ4v) is 2.53. The van der Waals surface area contributed by atoms with Gasteiger partial charge in [-0.05, 0) is 30.3 Å². The van der Waals surface area contributed by atoms with Crippen molar-refractivity contribution in [1.82, 2.24) is 9.97 Å². The molecule has 0 fully saturated rings. The van der Waals surface area contributed by atoms with Gasteiger partial charge in [0.15, 0.2) is 0 Å². The molecule has 0 aliphatic carbocycles. The maximum absolute atomic E-state index is 6.15. The number of para-hydroxylation sites is 1. The smallest absolute Gasteiger partial charge is 0.138 e. The predicted octanol–water partition coefficient (Wildman–Crippen LogP) is 4.65. The van der Waals surface area contributed by atoms with Crippen LogP contribution in [0, 0.1) is 0 Å². The van der Waals surface area contributed by atoms with Crippen LogP contribution in [0.3, 0.4) is 0 Å². The van der Waals surface area contributed by atoms with E-state index in [2.05, 4.69) is 15.3 Å². The molecule has 0 unspecified atom stereocenters. The van der Waals surface area contributed by atoms with Gasteiger partial charge in [-0.1, -0.05) is 29.8 Å². The maximum atomic E-state index is 6.15. The Balaban J connectivity index is 1.82. The van der Waals surface area contributed by atoms with Gasteiger partial charge in [0.05, 0.1) is 12.1 Å². The van der Waals surface area contributed by atoms with Crippen molar-refractivity contribution in [2.24, 2.45) is 0 Å². The summed E-state index contributed by atoms with van der Waals surface area (Å²) in [6, 6.07) is 17.4. The summed E-state index contributed by atoms with van der Waals surface area (Å²) in [5, 5.41) is 3.76. The summed E-state index contributed by atoms with van der Waals surface area (Å²) in [5.74, 6) is 2.11. The van der Waals surface area contributed by atoms with Gasteiger partial charge in [-0.25, -0.2) is 9.97 Å². The molecule has 0 aliphatic rings. The van der Waals surface area contributed by atoms with E-state index in [0.29, 0.717) is 16.6 Å². The Bertz CT molecular complexity index is 826. The van der Waals surface area contributed by atoms with Crippen molar-refractivity contribution in [2.45, 2.75) is 0 Å². The van der Waals surface area contributed by atoms with Gasteiger partial charge >= 0.3 is 0 Å². The van der Waals surface area contributed by atoms with Gasteiger partial charge < -0.3 is 15.0 Å². The highest BCUT2D eigenvalue weighted by atomic mass is 35.5. The van der Waals surface area contributed by atoms with Crippen molar-refractivity contribution in [3.05, 3.63) is 65.9 Å². The number of anilines is 4. The molecule has 0 amide bonds. The van der Waals surface area contributed by atoms with Crippen molar-refractivity contribution in [1.29, 1.82) is 0 Å². The highest BCUT2D eigenvalue weighted by Crippen LogP contribution is 2.29. The molecule has 3 rings (SSSR count). The fraction of sp³-hybridized carbons (Fsp3) is 0.111. The highest BCUT2D eigenvalue weighted by molar-refractivity contribution is 6.32. The zero-order chi connectivity index (χ0) is 16.9. The first-order valence-corrected chi connectivity index (χ1v) is 7.76. The first kappa shape index (κ1) is 16.1. The summed E-state index contributed by atoms with van der Waals surface area (Å²) in [7, 11) is 3.55. The summed E-state index contributed by atoms with van der Waals surface area (Å²) < 4.78 is 5.16. The largest absolute Gasteiger partial charge is 0.495 e. The van der Waals surface area contributed by atoms with E-state index < -0.39 is 0 Å². The number of aromatic nitrogens is 2. The molecule has 0 radical (unpaired) electrons. The van der Waals surface area contributed by atoms with Crippen molar-refractivity contribution >= 4 is 34.6 Å². The van der Waals surface area contributed by atoms with Crippen LogP contribution in [-0.2, 0) is 0 Å². The van der Waals surface area contributed by atoms with Crippen molar-refractivity contribution in [2.75, 3.05) is 24.4 Å². The van der Waals surface area contributed by atoms with Crippen LogP contribution in [0.4, 0.5) is 23.0 Å². The van der Waals surface area contributed by atoms with Crippen molar-refractivity contribution < 1.29 is 4.74 Å². The van der Waals surface area contributed by atoms with Gasteiger partial charge in [0.1, 0.15) is 23.7 Å². The van der Waals surface area contributed by atoms with Crippen LogP contribution in [0.15, 0.2) is 60.9 Å². The minimum atomic E-state index is 0.540. The molecule has 0 saturated carbocycles. The van der Waals surface area contributed by atoms with Crippen LogP contribution in [0.1, 0.15) is 0 Å². The molecule has 6 heteroatoms. The van der Waals surface area contributed by atoms with E-state index >= 15 is 0 Å². The third-order valence-electron chi connectivity index (χ3n) is 3.56. The molecule has 2 aromatic carbocycles. The Morgan fingerprint density at radius 3 is 2.54 bits per heavy atom. The molecule has 0 bridgehead atoms. The number of hydrogen-bond acceptors (Lipinski definition) is 5. The Morgan fingerprint density at radius 2 is 1.83 bits per heavy atom. The highest BCUT2D eigenvalue weighted by Gasteiger charge is 2.07. The third-order valence-corrected chi connectivity index (χ3v) is 3.86. The number of methoxy groups -OCH3 is 1. The van der Waals surface area contributed by atoms with Gasteiger partial charge in [0.25, 0.3) is 0 Å². The second-order valence-corrected chi connectivity index (χ2v) is 5.54. The van der Waals surface area contributed by atoms with E-state index in [0.717, 1.165) is 17.2 Å². The molecular weight excluding hydrogens is 324 g/mol. The van der Waals surface area contributed by atoms with Crippen LogP contribution < -0.4 is 15.0 Å². The lowest BCUT2D eigenvalue weighted by molar-refractivity contribution is 0.415. The van der Waals surface area contributed by atoms with Crippen LogP contribution in [0.5, 0.6) is 5.75 Å². The van der Waals surface area contributed by atoms with Crippen molar-refractivity contribution in [3.63, 3.8) is 0 Å². The lowest BCUT2D eigenvalue weighted by Gasteiger charge is -2.18. The summed E-state index contributed by atoms with van der Waals surface area (Å²) in [6.45, 7) is 0. The first-order valence-electron chi connectivity index (χ1n) is 7.39. The second-order valence-electron chi connectivity index (χ2n) is 5.13. The van der Waals surface area contributed by atoms with Crippen LogP contribution in [0.25, 0.3) is 0 Å². The SMILES string of the molecule is COc1ccc(Nc2cc(N(C)c3ccccc3)ncn2)cc1Cl. The van der Waals surface area contributed by atoms with Gasteiger partial charge in [0, 0.05) is 24.5 Å². The zero-order valence-electron chi connectivity index (χ0n) is 13.4. The molecule has 5 nitrogen and oxygen atoms in total. The Morgan fingerprint density at radius 1 is 1.04 bits per heavy atom. The summed E-state index contributed by atoms with van der Waals surface area (Å²) in [4.78, 5) is 10.6. The normalized spacial score (nSPS) is 10.3. The Labute approximate surface area is 145 Å². The second kappa shape index (κ2) is 7.19. The van der Waals surface area contributed by atoms with E-state index in [1.54, 1.807) is 13.2 Å². The number of ether oxygens (including phenoxy) is 1. The average molecular weight is 341 g/mol. The molecule has 0 saturated heterocycles. The Hall–Kier alpha value is -2.79. The van der Waals surface area contributed by atoms with Gasteiger partial charge in [0.2, 0.25) is 0 Å². The maximum Gasteiger partial charge on any atom is 0.138 e. The third kappa shape index (κ3) is 3.58. The number of nitrogens with zero attached hydrogens (tertiary/aromatic N) is 3. The molecule has 1 aromatic heterocycles. The average Bonchev–Trinajstić information content (AvgIpc) is 2.62. The summed E-state index contributed by atoms with van der Waals surface area (Å²) >= 11 is 6.15. The number of rotatable bonds is 5. The van der Waals surface area contributed by atoms with Crippen LogP contribution >= 0.6 is 11.6 Å². The molecule has 3 aromatic rings. The predicted molar refractivity (Wildman–Crippen MR) is 97.8 cm³/mol. The molecule has 122 valence electrons. The minimum Gasteiger partial charge on any atom is -0.495 e. The number of hydrogen-bond donors (Lipinski definition) is 1. The summed E-state index contributed by atoms with van der Waals surface area (Å²) in [5.41, 5.74) is 1.88. The molecule has 1 heterocycles. The monoisotopic (exact) mass is 340 g/mol. The lowest BCUT2D eigenvalue weighted by Crippen LogP contribution is -2.11. The van der Waals surface area contributed by atoms with Crippen molar-refractivity contribution in [3.8, 4) is 5.75 Å². The molecule has 0 atom stereocenters. The zero-order valence-corrected chi connectivity index (χ0v) is 14.2. The Kier molecular flexibility index (Phi) is 4.82. The summed E-state index contributed by atoms with van der Waals surface area (Å²) in [6.07, 6.45) is 1.53. The lowest BCUT2D eigenvalue weighted by atomic mass is 10.3. The topological polar surface area (TPSA) is 50.3 Å². The van der Waals surface area contributed by atoms with Gasteiger partial charge in [-0.3, -0.25) is 0 Å². The van der Waals surface area contributed by atoms with Crippen LogP contribution in [0.2, 0.25) is 5.02 Å². The minimum absolute atomic E-state index is 0.540. The molecular formula is C18H17ClN4O. The van der Waals surface area contributed by atoms with E-state index in [4.69, 9.17) is 16.3 Å². The number of nitrogens with one attached hydrogen (secondary N) is 1. The molecule has 0 spiro atoms.